The summed E-state index contributed by atoms with van der Waals surface area (Å²) in [5.74, 6) is -0.0559. The Morgan fingerprint density at radius 2 is 1.55 bits per heavy atom. The highest BCUT2D eigenvalue weighted by Gasteiger charge is 2.48. The Bertz CT molecular complexity index is 2510. The third kappa shape index (κ3) is 9.59. The van der Waals surface area contributed by atoms with Crippen LogP contribution in [-0.4, -0.2) is 78.9 Å². The van der Waals surface area contributed by atoms with Gasteiger partial charge in [0.1, 0.15) is 29.6 Å². The maximum Gasteiger partial charge on any atom is 0.421 e. The summed E-state index contributed by atoms with van der Waals surface area (Å²) in [5.41, 5.74) is 1.80. The molecule has 0 amide bonds. The highest BCUT2D eigenvalue weighted by atomic mass is 79.9. The number of nitrogens with one attached hydrogen (secondary N) is 3. The maximum atomic E-state index is 14.9. The number of halogens is 3. The van der Waals surface area contributed by atoms with Gasteiger partial charge in [-0.1, -0.05) is 24.3 Å². The van der Waals surface area contributed by atoms with Gasteiger partial charge in [0.05, 0.1) is 33.2 Å². The van der Waals surface area contributed by atoms with Crippen molar-refractivity contribution in [3.8, 4) is 28.3 Å². The summed E-state index contributed by atoms with van der Waals surface area (Å²) in [5, 5.41) is 9.88. The van der Waals surface area contributed by atoms with E-state index in [-0.39, 0.29) is 35.6 Å². The summed E-state index contributed by atoms with van der Waals surface area (Å²) in [7, 11) is 0. The van der Waals surface area contributed by atoms with Gasteiger partial charge in [-0.15, -0.1) is 0 Å². The van der Waals surface area contributed by atoms with Gasteiger partial charge in [-0.25, -0.2) is 18.7 Å². The number of hydrogen-bond donors (Lipinski definition) is 4. The summed E-state index contributed by atoms with van der Waals surface area (Å²) in [6.45, 7) is 5.75. The number of aliphatic hydroxyl groups is 1. The second kappa shape index (κ2) is 17.3. The minimum Gasteiger partial charge on any atom is -0.470 e. The van der Waals surface area contributed by atoms with Crippen molar-refractivity contribution in [2.75, 3.05) is 13.2 Å². The molecule has 0 bridgehead atoms. The van der Waals surface area contributed by atoms with E-state index in [4.69, 9.17) is 18.9 Å². The molecule has 56 heavy (non-hydrogen) atoms. The summed E-state index contributed by atoms with van der Waals surface area (Å²) < 4.78 is 38.9. The monoisotopic (exact) mass is 895 g/mol. The van der Waals surface area contributed by atoms with E-state index in [2.05, 4.69) is 51.8 Å². The first kappa shape index (κ1) is 40.5. The number of nitrogens with zero attached hydrogens (tertiary/aromatic N) is 2. The predicted octanol–water partition coefficient (Wildman–Crippen LogP) is 6.16. The lowest BCUT2D eigenvalue weighted by atomic mass is 10.0. The molecule has 2 aliphatic rings. The molecule has 4 atom stereocenters. The first-order valence-corrected chi connectivity index (χ1v) is 18.8. The molecule has 0 radical (unpaired) electrons. The number of aliphatic hydroxyl groups excluding tert-OH is 1. The number of carbonyl (C=O) groups is 1. The molecular formula is C39H36Br2FN5O9. The Morgan fingerprint density at radius 1 is 0.893 bits per heavy atom. The Labute approximate surface area is 334 Å². The van der Waals surface area contributed by atoms with Crippen molar-refractivity contribution in [3.05, 3.63) is 137 Å². The highest BCUT2D eigenvalue weighted by Crippen LogP contribution is 2.32. The van der Waals surface area contributed by atoms with Crippen molar-refractivity contribution in [3.63, 3.8) is 0 Å². The molecule has 0 spiro atoms. The zero-order chi connectivity index (χ0) is 40.1. The third-order valence-corrected chi connectivity index (χ3v) is 9.57. The first-order valence-electron chi connectivity index (χ1n) is 17.2. The Hall–Kier alpha value is -5.20. The number of fused-ring (bicyclic) bond motifs is 2. The topological polar surface area (TPSA) is 191 Å². The Balaban J connectivity index is 0.000000190. The van der Waals surface area contributed by atoms with Gasteiger partial charge in [0, 0.05) is 41.9 Å². The fourth-order valence-corrected chi connectivity index (χ4v) is 6.37. The largest absolute Gasteiger partial charge is 0.470 e. The lowest BCUT2D eigenvalue weighted by molar-refractivity contribution is 0.00794. The van der Waals surface area contributed by atoms with Gasteiger partial charge in [-0.3, -0.25) is 14.4 Å². The van der Waals surface area contributed by atoms with Crippen LogP contribution < -0.4 is 21.4 Å². The van der Waals surface area contributed by atoms with E-state index in [1.165, 1.54) is 12.3 Å². The van der Waals surface area contributed by atoms with Gasteiger partial charge in [0.2, 0.25) is 0 Å². The van der Waals surface area contributed by atoms with Crippen LogP contribution in [0.15, 0.2) is 115 Å². The lowest BCUT2D eigenvalue weighted by Crippen LogP contribution is -2.34. The van der Waals surface area contributed by atoms with Crippen LogP contribution in [0, 0.1) is 5.82 Å². The molecule has 0 saturated carbocycles. The third-order valence-electron chi connectivity index (χ3n) is 8.34. The average molecular weight is 898 g/mol. The summed E-state index contributed by atoms with van der Waals surface area (Å²) in [6, 6.07) is 20.2. The Kier molecular flexibility index (Phi) is 12.5. The minimum absolute atomic E-state index is 0.0903. The molecule has 2 aliphatic heterocycles. The second-order valence-electron chi connectivity index (χ2n) is 13.6. The van der Waals surface area contributed by atoms with Crippen LogP contribution in [0.4, 0.5) is 9.18 Å². The van der Waals surface area contributed by atoms with E-state index in [9.17, 15) is 28.7 Å². The van der Waals surface area contributed by atoms with E-state index in [1.54, 1.807) is 99.9 Å². The molecule has 2 saturated heterocycles. The van der Waals surface area contributed by atoms with Crippen molar-refractivity contribution in [2.45, 2.75) is 50.8 Å². The van der Waals surface area contributed by atoms with Crippen LogP contribution >= 0.6 is 31.9 Å². The van der Waals surface area contributed by atoms with Crippen molar-refractivity contribution in [1.82, 2.24) is 24.5 Å². The normalized spacial score (nSPS) is 18.6. The fraction of sp³-hybridized carbons (Fsp3) is 0.256. The number of benzene rings is 1. The molecule has 7 heterocycles. The van der Waals surface area contributed by atoms with Gasteiger partial charge >= 0.3 is 6.09 Å². The second-order valence-corrected chi connectivity index (χ2v) is 15.3. The quantitative estimate of drug-likeness (QED) is 0.160. The maximum absolute atomic E-state index is 14.9. The van der Waals surface area contributed by atoms with E-state index >= 15 is 0 Å². The summed E-state index contributed by atoms with van der Waals surface area (Å²) in [6.07, 6.45) is 2.10. The number of hydrogen-bond acceptors (Lipinski definition) is 10. The smallest absolute Gasteiger partial charge is 0.421 e. The molecule has 14 nitrogen and oxygen atoms in total. The molecule has 292 valence electrons. The van der Waals surface area contributed by atoms with Gasteiger partial charge < -0.3 is 39.0 Å². The van der Waals surface area contributed by atoms with Crippen LogP contribution in [0.25, 0.3) is 33.4 Å². The van der Waals surface area contributed by atoms with Gasteiger partial charge in [0.15, 0.2) is 17.8 Å². The molecule has 17 heteroatoms. The molecule has 2 fully saturated rings. The van der Waals surface area contributed by atoms with Crippen molar-refractivity contribution >= 4 is 49.0 Å². The van der Waals surface area contributed by atoms with Gasteiger partial charge in [-0.2, -0.15) is 0 Å². The van der Waals surface area contributed by atoms with Crippen molar-refractivity contribution in [1.29, 1.82) is 0 Å². The number of aromatic amines is 3. The van der Waals surface area contributed by atoms with Crippen molar-refractivity contribution in [2.24, 2.45) is 0 Å². The summed E-state index contributed by atoms with van der Waals surface area (Å²) in [4.78, 5) is 58.2. The van der Waals surface area contributed by atoms with E-state index in [0.29, 0.717) is 43.6 Å². The SMILES string of the molecule is CC(C)(C)OC(=O)n1cccc(Br)c1=O.O=c1[nH]cccc1-c1ccc(-c2nc3cc(O[C@@H]4CO[C@H]5[C@@H]4OC[C@H]5O)[nH]c3cc2F)cc1.O=c1[nH]cccc1Br. The number of pyridine rings is 4. The Morgan fingerprint density at radius 3 is 2.21 bits per heavy atom. The van der Waals surface area contributed by atoms with E-state index in [0.717, 1.165) is 10.1 Å². The van der Waals surface area contributed by atoms with Crippen LogP contribution in [0.5, 0.6) is 5.88 Å². The minimum atomic E-state index is -0.672. The molecule has 0 aliphatic carbocycles. The lowest BCUT2D eigenvalue weighted by Gasteiger charge is -2.19. The van der Waals surface area contributed by atoms with Crippen LogP contribution in [0.2, 0.25) is 0 Å². The van der Waals surface area contributed by atoms with Crippen molar-refractivity contribution < 1.29 is 33.2 Å². The number of ether oxygens (including phenoxy) is 4. The molecule has 4 N–H and O–H groups in total. The zero-order valence-electron chi connectivity index (χ0n) is 30.1. The number of aromatic nitrogens is 5. The standard InChI is InChI=1S/C24H20FN3O5.C10H12BrNO3.C5H4BrNO/c25-15-8-16-17(9-20(27-16)33-19-11-32-22-18(29)10-31-23(19)22)28-21(15)13-5-3-12(4-6-13)14-2-1-7-26-24(14)30;1-10(2,3)15-9(14)12-6-4-5-7(11)8(12)13;6-4-2-1-3-7-5(4)8/h1-9,18-19,22-23,27,29H,10-11H2,(H,26,30);4-6H,1-3H3;1-3H,(H,7,8)/t18-,19-,22-,23-;;/m1../s1. The highest BCUT2D eigenvalue weighted by molar-refractivity contribution is 9.10. The molecule has 1 aromatic carbocycles. The van der Waals surface area contributed by atoms with E-state index < -0.39 is 35.3 Å². The number of rotatable bonds is 4. The number of carbonyl (C=O) groups excluding carboxylic acids is 1. The van der Waals surface area contributed by atoms with Crippen LogP contribution in [0.3, 0.4) is 0 Å². The molecule has 0 unspecified atom stereocenters. The molecule has 6 aromatic rings. The fourth-order valence-electron chi connectivity index (χ4n) is 5.76. The molecular weight excluding hydrogens is 861 g/mol. The average Bonchev–Trinajstić information content (AvgIpc) is 3.86. The van der Waals surface area contributed by atoms with Gasteiger partial charge in [-0.05, 0) is 94.6 Å². The predicted molar refractivity (Wildman–Crippen MR) is 212 cm³/mol. The van der Waals surface area contributed by atoms with Gasteiger partial charge in [0.25, 0.3) is 16.7 Å². The molecule has 8 rings (SSSR count). The number of H-pyrrole nitrogens is 3. The van der Waals surface area contributed by atoms with Crippen LogP contribution in [-0.2, 0) is 14.2 Å². The zero-order valence-corrected chi connectivity index (χ0v) is 33.3. The van der Waals surface area contributed by atoms with Crippen LogP contribution in [0.1, 0.15) is 20.8 Å². The molecule has 5 aromatic heterocycles. The summed E-state index contributed by atoms with van der Waals surface area (Å²) >= 11 is 6.10. The first-order chi connectivity index (χ1) is 26.7. The van der Waals surface area contributed by atoms with E-state index in [1.807, 2.05) is 0 Å².